The van der Waals surface area contributed by atoms with Gasteiger partial charge in [0.05, 0.1) is 22.4 Å². The van der Waals surface area contributed by atoms with E-state index in [1.807, 2.05) is 0 Å². The summed E-state index contributed by atoms with van der Waals surface area (Å²) in [4.78, 5) is 2.40. The highest BCUT2D eigenvalue weighted by atomic mass is 15.2. The van der Waals surface area contributed by atoms with E-state index in [2.05, 4.69) is 228 Å². The molecule has 1 aromatic heterocycles. The molecule has 0 N–H and O–H groups in total. The topological polar surface area (TPSA) is 8.17 Å². The molecule has 0 atom stereocenters. The Hall–Kier alpha value is -7.16. The van der Waals surface area contributed by atoms with Crippen LogP contribution < -0.4 is 4.90 Å². The molecule has 0 aliphatic carbocycles. The van der Waals surface area contributed by atoms with Gasteiger partial charge in [0.25, 0.3) is 0 Å². The maximum absolute atomic E-state index is 2.42. The minimum atomic E-state index is 1.09. The van der Waals surface area contributed by atoms with Crippen molar-refractivity contribution in [3.8, 4) is 39.1 Å². The van der Waals surface area contributed by atoms with Gasteiger partial charge in [-0.25, -0.2) is 0 Å². The average molecular weight is 689 g/mol. The summed E-state index contributed by atoms with van der Waals surface area (Å²) in [6.07, 6.45) is 0. The Labute approximate surface area is 315 Å². The SMILES string of the molecule is c1ccc(-c2cccc(N(c3ccc(-c4cccc(-c5ccc6ccccc6c5)c4)cc3)c3ccccc3-n3c4ccccc4c4ccccc43)c2)cc1. The van der Waals surface area contributed by atoms with Crippen LogP contribution in [-0.2, 0) is 0 Å². The molecule has 9 aromatic carbocycles. The van der Waals surface area contributed by atoms with E-state index in [-0.39, 0.29) is 0 Å². The predicted octanol–water partition coefficient (Wildman–Crippen LogP) is 14.4. The fraction of sp³-hybridized carbons (Fsp3) is 0. The first kappa shape index (κ1) is 31.6. The summed E-state index contributed by atoms with van der Waals surface area (Å²) in [6, 6.07) is 78.9. The van der Waals surface area contributed by atoms with Gasteiger partial charge in [0.2, 0.25) is 0 Å². The molecule has 0 unspecified atom stereocenters. The monoisotopic (exact) mass is 688 g/mol. The highest BCUT2D eigenvalue weighted by Crippen LogP contribution is 2.43. The van der Waals surface area contributed by atoms with Crippen molar-refractivity contribution in [3.63, 3.8) is 0 Å². The molecule has 254 valence electrons. The zero-order valence-corrected chi connectivity index (χ0v) is 29.7. The number of rotatable bonds is 7. The first-order valence-corrected chi connectivity index (χ1v) is 18.5. The van der Waals surface area contributed by atoms with Crippen LogP contribution in [0.2, 0.25) is 0 Å². The molecule has 0 amide bonds. The Bertz CT molecular complexity index is 2880. The van der Waals surface area contributed by atoms with Crippen molar-refractivity contribution in [3.05, 3.63) is 218 Å². The number of nitrogens with zero attached hydrogens (tertiary/aromatic N) is 2. The minimum Gasteiger partial charge on any atom is -0.308 e. The molecular weight excluding hydrogens is 653 g/mol. The summed E-state index contributed by atoms with van der Waals surface area (Å²) < 4.78 is 2.42. The number of benzene rings is 9. The van der Waals surface area contributed by atoms with Crippen molar-refractivity contribution in [2.24, 2.45) is 0 Å². The molecule has 0 fully saturated rings. The first-order chi connectivity index (χ1) is 26.8. The van der Waals surface area contributed by atoms with Crippen LogP contribution >= 0.6 is 0 Å². The Morgan fingerprint density at radius 3 is 1.57 bits per heavy atom. The number of anilines is 3. The molecule has 2 heteroatoms. The maximum atomic E-state index is 2.42. The molecule has 54 heavy (non-hydrogen) atoms. The lowest BCUT2D eigenvalue weighted by molar-refractivity contribution is 1.15. The second-order valence-electron chi connectivity index (χ2n) is 13.8. The Balaban J connectivity index is 1.11. The molecule has 0 aliphatic heterocycles. The van der Waals surface area contributed by atoms with Crippen LogP contribution in [-0.4, -0.2) is 4.57 Å². The van der Waals surface area contributed by atoms with Gasteiger partial charge in [0, 0.05) is 22.1 Å². The van der Waals surface area contributed by atoms with Crippen LogP contribution in [0.5, 0.6) is 0 Å². The van der Waals surface area contributed by atoms with E-state index in [1.54, 1.807) is 0 Å². The summed E-state index contributed by atoms with van der Waals surface area (Å²) in [5, 5.41) is 5.00. The van der Waals surface area contributed by atoms with Gasteiger partial charge in [-0.3, -0.25) is 0 Å². The third kappa shape index (κ3) is 5.62. The summed E-state index contributed by atoms with van der Waals surface area (Å²) in [5.41, 5.74) is 13.9. The van der Waals surface area contributed by atoms with Crippen molar-refractivity contribution < 1.29 is 0 Å². The number of hydrogen-bond donors (Lipinski definition) is 0. The molecule has 2 nitrogen and oxygen atoms in total. The van der Waals surface area contributed by atoms with Gasteiger partial charge in [-0.2, -0.15) is 0 Å². The van der Waals surface area contributed by atoms with E-state index in [4.69, 9.17) is 0 Å². The van der Waals surface area contributed by atoms with Crippen LogP contribution in [0.15, 0.2) is 218 Å². The number of aromatic nitrogens is 1. The normalized spacial score (nSPS) is 11.3. The van der Waals surface area contributed by atoms with Crippen LogP contribution in [0.25, 0.3) is 71.6 Å². The van der Waals surface area contributed by atoms with Gasteiger partial charge in [-0.15, -0.1) is 0 Å². The third-order valence-corrected chi connectivity index (χ3v) is 10.6. The number of para-hydroxylation sites is 4. The smallest absolute Gasteiger partial charge is 0.0702 e. The molecule has 10 rings (SSSR count). The standard InChI is InChI=1S/C52H36N2/c1-2-14-37(15-3-1)43-20-13-21-46(36-43)53(51-26-10-11-27-52(51)54-49-24-8-6-22-47(49)48-23-7-9-25-50(48)54)45-32-30-39(31-33-45)41-18-12-19-42(34-41)44-29-28-38-16-4-5-17-40(38)35-44/h1-36H. The highest BCUT2D eigenvalue weighted by Gasteiger charge is 2.21. The van der Waals surface area contributed by atoms with Gasteiger partial charge in [0.15, 0.2) is 0 Å². The quantitative estimate of drug-likeness (QED) is 0.162. The van der Waals surface area contributed by atoms with Gasteiger partial charge in [0.1, 0.15) is 0 Å². The fourth-order valence-corrected chi connectivity index (χ4v) is 7.96. The third-order valence-electron chi connectivity index (χ3n) is 10.6. The van der Waals surface area contributed by atoms with Gasteiger partial charge in [-0.1, -0.05) is 158 Å². The van der Waals surface area contributed by atoms with Crippen LogP contribution in [0.3, 0.4) is 0 Å². The van der Waals surface area contributed by atoms with E-state index in [9.17, 15) is 0 Å². The second-order valence-corrected chi connectivity index (χ2v) is 13.8. The lowest BCUT2D eigenvalue weighted by Gasteiger charge is -2.29. The zero-order valence-electron chi connectivity index (χ0n) is 29.7. The summed E-state index contributed by atoms with van der Waals surface area (Å²) in [7, 11) is 0. The minimum absolute atomic E-state index is 1.09. The van der Waals surface area contributed by atoms with Crippen molar-refractivity contribution in [1.29, 1.82) is 0 Å². The van der Waals surface area contributed by atoms with E-state index in [0.29, 0.717) is 0 Å². The average Bonchev–Trinajstić information content (AvgIpc) is 3.59. The molecule has 0 spiro atoms. The lowest BCUT2D eigenvalue weighted by Crippen LogP contribution is -2.13. The maximum Gasteiger partial charge on any atom is 0.0702 e. The molecular formula is C52H36N2. The molecule has 0 aliphatic rings. The Morgan fingerprint density at radius 1 is 0.296 bits per heavy atom. The molecule has 0 saturated heterocycles. The van der Waals surface area contributed by atoms with Crippen molar-refractivity contribution >= 4 is 49.6 Å². The Kier molecular flexibility index (Phi) is 7.85. The van der Waals surface area contributed by atoms with E-state index >= 15 is 0 Å². The molecule has 0 bridgehead atoms. The highest BCUT2D eigenvalue weighted by molar-refractivity contribution is 6.10. The van der Waals surface area contributed by atoms with Gasteiger partial charge in [-0.05, 0) is 105 Å². The summed E-state index contributed by atoms with van der Waals surface area (Å²) in [5.74, 6) is 0. The van der Waals surface area contributed by atoms with Crippen molar-refractivity contribution in [2.45, 2.75) is 0 Å². The van der Waals surface area contributed by atoms with E-state index < -0.39 is 0 Å². The van der Waals surface area contributed by atoms with Crippen molar-refractivity contribution in [2.75, 3.05) is 4.90 Å². The van der Waals surface area contributed by atoms with Gasteiger partial charge < -0.3 is 9.47 Å². The zero-order chi connectivity index (χ0) is 35.8. The fourth-order valence-electron chi connectivity index (χ4n) is 7.96. The number of hydrogen-bond acceptors (Lipinski definition) is 1. The van der Waals surface area contributed by atoms with Gasteiger partial charge >= 0.3 is 0 Å². The summed E-state index contributed by atoms with van der Waals surface area (Å²) in [6.45, 7) is 0. The summed E-state index contributed by atoms with van der Waals surface area (Å²) >= 11 is 0. The van der Waals surface area contributed by atoms with Crippen LogP contribution in [0, 0.1) is 0 Å². The second kappa shape index (κ2) is 13.4. The van der Waals surface area contributed by atoms with Crippen molar-refractivity contribution in [1.82, 2.24) is 4.57 Å². The molecule has 1 heterocycles. The first-order valence-electron chi connectivity index (χ1n) is 18.5. The molecule has 0 saturated carbocycles. The van der Waals surface area contributed by atoms with Crippen LogP contribution in [0.4, 0.5) is 17.1 Å². The van der Waals surface area contributed by atoms with E-state index in [0.717, 1.165) is 22.7 Å². The largest absolute Gasteiger partial charge is 0.308 e. The van der Waals surface area contributed by atoms with Crippen LogP contribution in [0.1, 0.15) is 0 Å². The predicted molar refractivity (Wildman–Crippen MR) is 229 cm³/mol. The van der Waals surface area contributed by atoms with E-state index in [1.165, 1.54) is 66.0 Å². The molecule has 0 radical (unpaired) electrons. The molecule has 10 aromatic rings. The number of fused-ring (bicyclic) bond motifs is 4. The lowest BCUT2D eigenvalue weighted by atomic mass is 9.97. The Morgan fingerprint density at radius 2 is 0.815 bits per heavy atom.